The molecule has 2 aliphatic rings. The van der Waals surface area contributed by atoms with Gasteiger partial charge in [0, 0.05) is 30.2 Å². The number of halogens is 4. The third-order valence-electron chi connectivity index (χ3n) is 7.15. The van der Waals surface area contributed by atoms with Crippen molar-refractivity contribution in [2.75, 3.05) is 39.7 Å². The van der Waals surface area contributed by atoms with Gasteiger partial charge in [-0.05, 0) is 68.1 Å². The van der Waals surface area contributed by atoms with Crippen molar-refractivity contribution in [1.29, 1.82) is 0 Å². The van der Waals surface area contributed by atoms with Gasteiger partial charge in [0.1, 0.15) is 5.82 Å². The van der Waals surface area contributed by atoms with Crippen LogP contribution in [0.5, 0.6) is 11.5 Å². The Morgan fingerprint density at radius 1 is 1.11 bits per heavy atom. The van der Waals surface area contributed by atoms with Crippen molar-refractivity contribution in [3.05, 3.63) is 53.3 Å². The molecule has 2 aromatic rings. The number of benzene rings is 2. The molecular weight excluding hydrogens is 466 g/mol. The predicted octanol–water partition coefficient (Wildman–Crippen LogP) is 5.04. The van der Waals surface area contributed by atoms with Crippen molar-refractivity contribution in [1.82, 2.24) is 10.2 Å². The molecule has 2 aromatic carbocycles. The highest BCUT2D eigenvalue weighted by atomic mass is 19.4. The first-order chi connectivity index (χ1) is 16.5. The Morgan fingerprint density at radius 3 is 2.54 bits per heavy atom. The highest BCUT2D eigenvalue weighted by Gasteiger charge is 2.50. The zero-order valence-electron chi connectivity index (χ0n) is 19.8. The molecule has 0 radical (unpaired) electrons. The van der Waals surface area contributed by atoms with E-state index >= 15 is 0 Å². The van der Waals surface area contributed by atoms with E-state index in [9.17, 15) is 22.4 Å². The molecule has 2 N–H and O–H groups in total. The summed E-state index contributed by atoms with van der Waals surface area (Å²) in [5.74, 6) is 0.520. The molecule has 3 atom stereocenters. The van der Waals surface area contributed by atoms with Crippen LogP contribution in [-0.2, 0) is 11.6 Å². The molecule has 1 saturated heterocycles. The molecule has 0 spiro atoms. The van der Waals surface area contributed by atoms with Crippen LogP contribution >= 0.6 is 0 Å². The highest BCUT2D eigenvalue weighted by molar-refractivity contribution is 5.89. The molecule has 35 heavy (non-hydrogen) atoms. The maximum absolute atomic E-state index is 13.7. The van der Waals surface area contributed by atoms with Crippen LogP contribution in [0.1, 0.15) is 30.4 Å². The van der Waals surface area contributed by atoms with Gasteiger partial charge < -0.3 is 25.0 Å². The number of likely N-dealkylation sites (N-methyl/N-ethyl adjacent to an activating group) is 1. The lowest BCUT2D eigenvalue weighted by Gasteiger charge is -2.42. The van der Waals surface area contributed by atoms with E-state index in [0.717, 1.165) is 37.2 Å². The summed E-state index contributed by atoms with van der Waals surface area (Å²) < 4.78 is 63.4. The van der Waals surface area contributed by atoms with E-state index in [-0.39, 0.29) is 23.1 Å². The lowest BCUT2D eigenvalue weighted by atomic mass is 9.63. The van der Waals surface area contributed by atoms with Crippen LogP contribution in [0.3, 0.4) is 0 Å². The van der Waals surface area contributed by atoms with Gasteiger partial charge in [-0.2, -0.15) is 13.2 Å². The zero-order chi connectivity index (χ0) is 25.4. The van der Waals surface area contributed by atoms with Crippen LogP contribution in [-0.4, -0.2) is 51.3 Å². The van der Waals surface area contributed by atoms with Gasteiger partial charge >= 0.3 is 12.2 Å². The summed E-state index contributed by atoms with van der Waals surface area (Å²) in [5.41, 5.74) is -0.343. The van der Waals surface area contributed by atoms with Gasteiger partial charge in [0.2, 0.25) is 0 Å². The van der Waals surface area contributed by atoms with Gasteiger partial charge in [-0.3, -0.25) is 0 Å². The van der Waals surface area contributed by atoms with Crippen molar-refractivity contribution >= 4 is 11.7 Å². The van der Waals surface area contributed by atoms with Crippen molar-refractivity contribution in [2.45, 2.75) is 36.9 Å². The Morgan fingerprint density at radius 2 is 1.86 bits per heavy atom. The zero-order valence-corrected chi connectivity index (χ0v) is 19.8. The van der Waals surface area contributed by atoms with E-state index in [0.29, 0.717) is 30.4 Å². The fraction of sp³-hybridized carbons (Fsp3) is 0.480. The fourth-order valence-corrected chi connectivity index (χ4v) is 5.63. The molecule has 6 nitrogen and oxygen atoms in total. The normalized spacial score (nSPS) is 24.5. The summed E-state index contributed by atoms with van der Waals surface area (Å²) in [7, 11) is 5.27. The molecule has 1 saturated carbocycles. The number of carbonyl (C=O) groups is 1. The standard InChI is InChI=1S/C25H29F4N3O3/c1-32-13-17-10-19(30-23(33)31-20-9-16(25(27,28)29)8-18(26)12-20)6-7-24(17,14-32)15-4-5-21(34-2)22(11-15)35-3/h4-5,8-9,11-12,17,19H,6-7,10,13-14H2,1-3H3,(H2,30,31,33). The Bertz CT molecular complexity index is 1090. The molecule has 0 bridgehead atoms. The Labute approximate surface area is 201 Å². The van der Waals surface area contributed by atoms with E-state index in [1.165, 1.54) is 0 Å². The average molecular weight is 496 g/mol. The summed E-state index contributed by atoms with van der Waals surface area (Å²) in [5, 5.41) is 5.21. The minimum atomic E-state index is -4.71. The van der Waals surface area contributed by atoms with E-state index in [1.54, 1.807) is 14.2 Å². The number of methoxy groups -OCH3 is 2. The van der Waals surface area contributed by atoms with E-state index in [2.05, 4.69) is 28.6 Å². The molecule has 2 amide bonds. The summed E-state index contributed by atoms with van der Waals surface area (Å²) in [6, 6.07) is 7.17. The van der Waals surface area contributed by atoms with Gasteiger partial charge in [0.15, 0.2) is 11.5 Å². The number of nitrogens with zero attached hydrogens (tertiary/aromatic N) is 1. The number of carbonyl (C=O) groups excluding carboxylic acids is 1. The maximum atomic E-state index is 13.7. The number of fused-ring (bicyclic) bond motifs is 1. The largest absolute Gasteiger partial charge is 0.493 e. The number of likely N-dealkylation sites (tertiary alicyclic amines) is 1. The number of anilines is 1. The Hall–Kier alpha value is -3.01. The van der Waals surface area contributed by atoms with Gasteiger partial charge in [0.05, 0.1) is 19.8 Å². The summed E-state index contributed by atoms with van der Waals surface area (Å²) in [6.07, 6.45) is -2.48. The van der Waals surface area contributed by atoms with Gasteiger partial charge in [-0.1, -0.05) is 6.07 Å². The fourth-order valence-electron chi connectivity index (χ4n) is 5.63. The molecule has 1 aliphatic carbocycles. The first kappa shape index (κ1) is 25.1. The summed E-state index contributed by atoms with van der Waals surface area (Å²) in [6.45, 7) is 1.72. The van der Waals surface area contributed by atoms with E-state index in [4.69, 9.17) is 9.47 Å². The smallest absolute Gasteiger partial charge is 0.416 e. The number of ether oxygens (including phenoxy) is 2. The van der Waals surface area contributed by atoms with Crippen molar-refractivity contribution in [3.63, 3.8) is 0 Å². The number of nitrogens with one attached hydrogen (secondary N) is 2. The van der Waals surface area contributed by atoms with Crippen molar-refractivity contribution < 1.29 is 31.8 Å². The second-order valence-corrected chi connectivity index (χ2v) is 9.42. The number of urea groups is 1. The Balaban J connectivity index is 1.47. The SMILES string of the molecule is COc1ccc(C23CCC(NC(=O)Nc4cc(F)cc(C(F)(F)F)c4)CC2CN(C)C3)cc1OC. The van der Waals surface area contributed by atoms with E-state index in [1.807, 2.05) is 12.1 Å². The summed E-state index contributed by atoms with van der Waals surface area (Å²) in [4.78, 5) is 14.8. The molecule has 4 rings (SSSR count). The second kappa shape index (κ2) is 9.56. The quantitative estimate of drug-likeness (QED) is 0.571. The molecule has 0 aromatic heterocycles. The number of alkyl halides is 3. The van der Waals surface area contributed by atoms with Gasteiger partial charge in [0.25, 0.3) is 0 Å². The van der Waals surface area contributed by atoms with Crippen LogP contribution in [0.25, 0.3) is 0 Å². The number of hydrogen-bond donors (Lipinski definition) is 2. The second-order valence-electron chi connectivity index (χ2n) is 9.42. The highest BCUT2D eigenvalue weighted by Crippen LogP contribution is 2.49. The molecule has 1 heterocycles. The third-order valence-corrected chi connectivity index (χ3v) is 7.15. The molecule has 1 aliphatic heterocycles. The minimum absolute atomic E-state index is 0.104. The molecule has 3 unspecified atom stereocenters. The minimum Gasteiger partial charge on any atom is -0.493 e. The first-order valence-corrected chi connectivity index (χ1v) is 11.4. The first-order valence-electron chi connectivity index (χ1n) is 11.4. The maximum Gasteiger partial charge on any atom is 0.416 e. The lowest BCUT2D eigenvalue weighted by molar-refractivity contribution is -0.137. The number of amides is 2. The van der Waals surface area contributed by atoms with E-state index < -0.39 is 23.6 Å². The monoisotopic (exact) mass is 495 g/mol. The predicted molar refractivity (Wildman–Crippen MR) is 123 cm³/mol. The Kier molecular flexibility index (Phi) is 6.86. The van der Waals surface area contributed by atoms with Crippen LogP contribution in [0.15, 0.2) is 36.4 Å². The van der Waals surface area contributed by atoms with Crippen molar-refractivity contribution in [3.8, 4) is 11.5 Å². The number of rotatable bonds is 5. The topological polar surface area (TPSA) is 62.8 Å². The van der Waals surface area contributed by atoms with Gasteiger partial charge in [-0.25, -0.2) is 9.18 Å². The number of hydrogen-bond acceptors (Lipinski definition) is 4. The third kappa shape index (κ3) is 5.17. The van der Waals surface area contributed by atoms with Crippen LogP contribution in [0.2, 0.25) is 0 Å². The molecule has 190 valence electrons. The summed E-state index contributed by atoms with van der Waals surface area (Å²) >= 11 is 0. The van der Waals surface area contributed by atoms with Crippen LogP contribution in [0, 0.1) is 11.7 Å². The molecular formula is C25H29F4N3O3. The van der Waals surface area contributed by atoms with Crippen molar-refractivity contribution in [2.24, 2.45) is 5.92 Å². The molecule has 2 fully saturated rings. The molecule has 10 heteroatoms. The van der Waals surface area contributed by atoms with Crippen LogP contribution in [0.4, 0.5) is 28.0 Å². The van der Waals surface area contributed by atoms with Crippen LogP contribution < -0.4 is 20.1 Å². The van der Waals surface area contributed by atoms with Gasteiger partial charge in [-0.15, -0.1) is 0 Å². The average Bonchev–Trinajstić information content (AvgIpc) is 3.13. The lowest BCUT2D eigenvalue weighted by Crippen LogP contribution is -2.48.